The summed E-state index contributed by atoms with van der Waals surface area (Å²) < 4.78 is 4.78. The minimum absolute atomic E-state index is 0. The van der Waals surface area contributed by atoms with Crippen LogP contribution in [0.2, 0.25) is 0 Å². The van der Waals surface area contributed by atoms with Gasteiger partial charge in [-0.05, 0) is 25.2 Å². The fraction of sp³-hybridized carbons (Fsp3) is 0.625. The smallest absolute Gasteiger partial charge is 0.555 e. The monoisotopic (exact) mass is 132 g/mol. The van der Waals surface area contributed by atoms with Gasteiger partial charge in [0.25, 0.3) is 0 Å². The van der Waals surface area contributed by atoms with Crippen molar-refractivity contribution >= 4 is 0 Å². The summed E-state index contributed by atoms with van der Waals surface area (Å²) in [6, 6.07) is 0. The quantitative estimate of drug-likeness (QED) is 0.270. The van der Waals surface area contributed by atoms with Crippen molar-refractivity contribution < 1.29 is 23.6 Å². The van der Waals surface area contributed by atoms with Crippen LogP contribution in [0.15, 0.2) is 12.2 Å². The zero-order valence-corrected chi connectivity index (χ0v) is 6.68. The van der Waals surface area contributed by atoms with Gasteiger partial charge in [0.2, 0.25) is 0 Å². The molecule has 52 valence electrons. The third-order valence-electron chi connectivity index (χ3n) is 1.69. The van der Waals surface area contributed by atoms with E-state index >= 15 is 0 Å². The molecule has 0 amide bonds. The maximum atomic E-state index is 4.78. The number of rotatable bonds is 2. The molecule has 1 unspecified atom stereocenters. The van der Waals surface area contributed by atoms with Gasteiger partial charge in [-0.25, -0.2) is 7.11 Å². The zero-order valence-electron chi connectivity index (χ0n) is 6.68. The first-order chi connectivity index (χ1) is 4.43. The van der Waals surface area contributed by atoms with E-state index in [1.165, 1.54) is 19.3 Å². The zero-order chi connectivity index (χ0) is 6.53. The van der Waals surface area contributed by atoms with Crippen molar-refractivity contribution in [1.29, 1.82) is 0 Å². The molecule has 0 spiro atoms. The van der Waals surface area contributed by atoms with Crippen molar-refractivity contribution in [3.63, 3.8) is 0 Å². The number of hydrogen-bond donors (Lipinski definition) is 0. The molecule has 0 N–H and O–H groups in total. The molecule has 1 aliphatic carbocycles. The molecule has 1 nitrogen and oxygen atoms in total. The maximum Gasteiger partial charge on any atom is 1.00 e. The number of allylic oxidation sites excluding steroid dienone is 1. The van der Waals surface area contributed by atoms with E-state index in [0.717, 1.165) is 6.61 Å². The fourth-order valence-corrected chi connectivity index (χ4v) is 1.17. The third-order valence-corrected chi connectivity index (χ3v) is 1.69. The standard InChI is InChI=1S/C8H13O.Li/c1-9-7-8-5-3-2-4-6-8;/h3,5,8H,1-2,4,6-7H2;/q-1;+1. The molecule has 0 bridgehead atoms. The van der Waals surface area contributed by atoms with Crippen molar-refractivity contribution in [2.75, 3.05) is 6.61 Å². The van der Waals surface area contributed by atoms with Gasteiger partial charge in [-0.3, -0.25) is 0 Å². The van der Waals surface area contributed by atoms with Crippen LogP contribution in [0.1, 0.15) is 19.3 Å². The summed E-state index contributed by atoms with van der Waals surface area (Å²) in [7, 11) is 3.35. The van der Waals surface area contributed by atoms with Gasteiger partial charge in [0, 0.05) is 6.61 Å². The van der Waals surface area contributed by atoms with Crippen LogP contribution in [0.3, 0.4) is 0 Å². The fourth-order valence-electron chi connectivity index (χ4n) is 1.17. The average Bonchev–Trinajstić information content (AvgIpc) is 1.91. The van der Waals surface area contributed by atoms with E-state index < -0.39 is 0 Å². The molecular weight excluding hydrogens is 119 g/mol. The van der Waals surface area contributed by atoms with Crippen LogP contribution in [0.25, 0.3) is 0 Å². The van der Waals surface area contributed by atoms with Crippen molar-refractivity contribution in [2.24, 2.45) is 5.92 Å². The van der Waals surface area contributed by atoms with Crippen LogP contribution in [-0.4, -0.2) is 6.61 Å². The van der Waals surface area contributed by atoms with Gasteiger partial charge in [0.1, 0.15) is 0 Å². The van der Waals surface area contributed by atoms with Gasteiger partial charge >= 0.3 is 18.9 Å². The van der Waals surface area contributed by atoms with E-state index in [-0.39, 0.29) is 18.9 Å². The Balaban J connectivity index is 0.000000810. The first-order valence-corrected chi connectivity index (χ1v) is 3.47. The Hall–Kier alpha value is 0.297. The van der Waals surface area contributed by atoms with E-state index in [2.05, 4.69) is 19.3 Å². The molecule has 0 aliphatic heterocycles. The predicted molar refractivity (Wildman–Crippen MR) is 37.8 cm³/mol. The van der Waals surface area contributed by atoms with Crippen molar-refractivity contribution in [3.8, 4) is 0 Å². The van der Waals surface area contributed by atoms with Crippen LogP contribution in [-0.2, 0) is 4.74 Å². The molecule has 1 rings (SSSR count). The average molecular weight is 132 g/mol. The van der Waals surface area contributed by atoms with Crippen molar-refractivity contribution in [3.05, 3.63) is 19.3 Å². The van der Waals surface area contributed by atoms with Crippen LogP contribution >= 0.6 is 0 Å². The summed E-state index contributed by atoms with van der Waals surface area (Å²) >= 11 is 0. The summed E-state index contributed by atoms with van der Waals surface area (Å²) in [5, 5.41) is 0. The van der Waals surface area contributed by atoms with Gasteiger partial charge < -0.3 is 4.74 Å². The molecule has 0 fully saturated rings. The Morgan fingerprint density at radius 3 is 2.90 bits per heavy atom. The second kappa shape index (κ2) is 6.04. The SMILES string of the molecule is [CH2-]OCC1C=CCCC1.[Li+]. The van der Waals surface area contributed by atoms with Gasteiger partial charge in [0.15, 0.2) is 0 Å². The summed E-state index contributed by atoms with van der Waals surface area (Å²) in [5.74, 6) is 0.635. The van der Waals surface area contributed by atoms with Crippen LogP contribution in [0.4, 0.5) is 0 Å². The van der Waals surface area contributed by atoms with Gasteiger partial charge in [-0.15, -0.1) is 0 Å². The number of hydrogen-bond acceptors (Lipinski definition) is 1. The van der Waals surface area contributed by atoms with E-state index in [0.29, 0.717) is 5.92 Å². The Bertz CT molecular complexity index is 101. The third kappa shape index (κ3) is 3.46. The van der Waals surface area contributed by atoms with Crippen LogP contribution in [0, 0.1) is 13.0 Å². The molecule has 0 radical (unpaired) electrons. The molecule has 0 aromatic heterocycles. The van der Waals surface area contributed by atoms with E-state index in [4.69, 9.17) is 4.74 Å². The molecule has 2 heteroatoms. The normalized spacial score (nSPS) is 23.9. The first kappa shape index (κ1) is 10.3. The summed E-state index contributed by atoms with van der Waals surface area (Å²) in [4.78, 5) is 0. The Kier molecular flexibility index (Phi) is 6.22. The Morgan fingerprint density at radius 1 is 1.60 bits per heavy atom. The van der Waals surface area contributed by atoms with Gasteiger partial charge in [-0.1, -0.05) is 12.2 Å². The maximum absolute atomic E-state index is 4.78. The second-order valence-electron chi connectivity index (χ2n) is 2.49. The molecule has 1 atom stereocenters. The van der Waals surface area contributed by atoms with E-state index in [1.54, 1.807) is 0 Å². The van der Waals surface area contributed by atoms with Gasteiger partial charge in [-0.2, -0.15) is 0 Å². The molecule has 0 saturated carbocycles. The first-order valence-electron chi connectivity index (χ1n) is 3.47. The Morgan fingerprint density at radius 2 is 2.40 bits per heavy atom. The van der Waals surface area contributed by atoms with Crippen LogP contribution < -0.4 is 18.9 Å². The van der Waals surface area contributed by atoms with E-state index in [1.807, 2.05) is 0 Å². The molecule has 0 saturated heterocycles. The molecule has 0 aromatic rings. The van der Waals surface area contributed by atoms with Crippen molar-refractivity contribution in [1.82, 2.24) is 0 Å². The second-order valence-corrected chi connectivity index (χ2v) is 2.49. The summed E-state index contributed by atoms with van der Waals surface area (Å²) in [6.07, 6.45) is 8.28. The largest absolute Gasteiger partial charge is 1.00 e. The predicted octanol–water partition coefficient (Wildman–Crippen LogP) is -0.845. The topological polar surface area (TPSA) is 9.23 Å². The molecule has 0 heterocycles. The summed E-state index contributed by atoms with van der Waals surface area (Å²) in [5.41, 5.74) is 0. The summed E-state index contributed by atoms with van der Waals surface area (Å²) in [6.45, 7) is 0.788. The van der Waals surface area contributed by atoms with Crippen LogP contribution in [0.5, 0.6) is 0 Å². The van der Waals surface area contributed by atoms with E-state index in [9.17, 15) is 0 Å². The molecule has 1 aliphatic rings. The minimum atomic E-state index is 0. The molecule has 10 heavy (non-hydrogen) atoms. The number of ether oxygens (including phenoxy) is 1. The molecule has 0 aromatic carbocycles. The van der Waals surface area contributed by atoms with Gasteiger partial charge in [0.05, 0.1) is 0 Å². The molecular formula is C8H13LiO. The Labute approximate surface area is 75.0 Å². The van der Waals surface area contributed by atoms with Crippen molar-refractivity contribution in [2.45, 2.75) is 19.3 Å². The minimum Gasteiger partial charge on any atom is -0.555 e.